The first-order chi connectivity index (χ1) is 12.4. The first-order valence-corrected chi connectivity index (χ1v) is 9.11. The lowest BCUT2D eigenvalue weighted by molar-refractivity contribution is -0.128. The highest BCUT2D eigenvalue weighted by Crippen LogP contribution is 2.19. The Balaban J connectivity index is 1.84. The van der Waals surface area contributed by atoms with Crippen molar-refractivity contribution < 1.29 is 14.3 Å². The van der Waals surface area contributed by atoms with Gasteiger partial charge in [0, 0.05) is 0 Å². The van der Waals surface area contributed by atoms with E-state index >= 15 is 0 Å². The molecule has 0 saturated heterocycles. The molecular weight excluding hydrogens is 326 g/mol. The summed E-state index contributed by atoms with van der Waals surface area (Å²) in [6.07, 6.45) is 0.105. The van der Waals surface area contributed by atoms with E-state index in [1.807, 2.05) is 58.9 Å². The molecule has 0 spiro atoms. The van der Waals surface area contributed by atoms with Crippen LogP contribution in [0.3, 0.4) is 0 Å². The summed E-state index contributed by atoms with van der Waals surface area (Å²) in [6.45, 7) is 10.9. The van der Waals surface area contributed by atoms with E-state index in [1.165, 1.54) is 0 Å². The van der Waals surface area contributed by atoms with Gasteiger partial charge in [0.1, 0.15) is 18.1 Å². The van der Waals surface area contributed by atoms with Crippen molar-refractivity contribution in [1.29, 1.82) is 0 Å². The maximum Gasteiger partial charge on any atom is 0.261 e. The Morgan fingerprint density at radius 3 is 2.35 bits per heavy atom. The Kier molecular flexibility index (Phi) is 7.07. The van der Waals surface area contributed by atoms with Gasteiger partial charge < -0.3 is 14.8 Å². The van der Waals surface area contributed by atoms with E-state index in [4.69, 9.17) is 9.47 Å². The zero-order chi connectivity index (χ0) is 19.1. The average molecular weight is 355 g/mol. The molecule has 1 unspecified atom stereocenters. The maximum atomic E-state index is 12.4. The molecule has 0 saturated carbocycles. The monoisotopic (exact) mass is 355 g/mol. The van der Waals surface area contributed by atoms with Gasteiger partial charge in [-0.2, -0.15) is 0 Å². The van der Waals surface area contributed by atoms with Crippen molar-refractivity contribution in [1.82, 2.24) is 5.32 Å². The van der Waals surface area contributed by atoms with Crippen molar-refractivity contribution in [3.63, 3.8) is 0 Å². The van der Waals surface area contributed by atoms with Gasteiger partial charge in [0.05, 0.1) is 6.54 Å². The van der Waals surface area contributed by atoms with Crippen molar-refractivity contribution in [3.05, 3.63) is 58.7 Å². The largest absolute Gasteiger partial charge is 0.491 e. The summed E-state index contributed by atoms with van der Waals surface area (Å²) in [6, 6.07) is 12.1. The van der Waals surface area contributed by atoms with E-state index in [2.05, 4.69) is 17.4 Å². The molecular formula is C22H29NO3. The first-order valence-electron chi connectivity index (χ1n) is 9.11. The van der Waals surface area contributed by atoms with Gasteiger partial charge in [-0.3, -0.25) is 4.79 Å². The third kappa shape index (κ3) is 5.80. The fraction of sp³-hybridized carbons (Fsp3) is 0.409. The van der Waals surface area contributed by atoms with Gasteiger partial charge in [0.25, 0.3) is 5.91 Å². The summed E-state index contributed by atoms with van der Waals surface area (Å²) in [5, 5.41) is 2.90. The minimum absolute atomic E-state index is 0.115. The second-order valence-electron chi connectivity index (χ2n) is 6.75. The molecule has 0 fully saturated rings. The van der Waals surface area contributed by atoms with Crippen LogP contribution in [-0.2, 0) is 4.79 Å². The molecule has 1 N–H and O–H groups in total. The summed E-state index contributed by atoms with van der Waals surface area (Å²) in [5.41, 5.74) is 4.49. The average Bonchev–Trinajstić information content (AvgIpc) is 2.58. The number of hydrogen-bond donors (Lipinski definition) is 1. The van der Waals surface area contributed by atoms with Crippen LogP contribution >= 0.6 is 0 Å². The Hall–Kier alpha value is -2.49. The number of nitrogens with one attached hydrogen (secondary N) is 1. The van der Waals surface area contributed by atoms with Gasteiger partial charge in [-0.05, 0) is 74.6 Å². The Bertz CT molecular complexity index is 735. The minimum Gasteiger partial charge on any atom is -0.491 e. The molecule has 2 aromatic carbocycles. The second kappa shape index (κ2) is 9.27. The predicted octanol–water partition coefficient (Wildman–Crippen LogP) is 4.27. The molecule has 0 aliphatic heterocycles. The van der Waals surface area contributed by atoms with E-state index in [-0.39, 0.29) is 5.91 Å². The summed E-state index contributed by atoms with van der Waals surface area (Å²) in [7, 11) is 0. The van der Waals surface area contributed by atoms with Crippen LogP contribution in [0.4, 0.5) is 0 Å². The highest BCUT2D eigenvalue weighted by molar-refractivity contribution is 5.81. The van der Waals surface area contributed by atoms with E-state index in [1.54, 1.807) is 0 Å². The molecule has 2 rings (SSSR count). The van der Waals surface area contributed by atoms with Crippen LogP contribution in [-0.4, -0.2) is 25.2 Å². The molecule has 2 aromatic rings. The van der Waals surface area contributed by atoms with Gasteiger partial charge in [-0.15, -0.1) is 0 Å². The van der Waals surface area contributed by atoms with Crippen molar-refractivity contribution >= 4 is 5.91 Å². The zero-order valence-electron chi connectivity index (χ0n) is 16.4. The standard InChI is InChI=1S/C22H29NO3/c1-6-20(26-19-12-16(3)11-17(4)13-19)22(24)23-9-10-25-21-14-15(2)7-8-18(21)5/h7-8,11-14,20H,6,9-10H2,1-5H3,(H,23,24). The van der Waals surface area contributed by atoms with E-state index in [0.29, 0.717) is 19.6 Å². The van der Waals surface area contributed by atoms with Gasteiger partial charge in [-0.25, -0.2) is 0 Å². The number of carbonyl (C=O) groups is 1. The normalized spacial score (nSPS) is 11.7. The van der Waals surface area contributed by atoms with E-state index in [0.717, 1.165) is 33.8 Å². The molecule has 1 atom stereocenters. The van der Waals surface area contributed by atoms with Crippen LogP contribution in [0.5, 0.6) is 11.5 Å². The molecule has 0 aliphatic carbocycles. The fourth-order valence-electron chi connectivity index (χ4n) is 2.80. The fourth-order valence-corrected chi connectivity index (χ4v) is 2.80. The zero-order valence-corrected chi connectivity index (χ0v) is 16.4. The van der Waals surface area contributed by atoms with Crippen LogP contribution in [0.25, 0.3) is 0 Å². The molecule has 26 heavy (non-hydrogen) atoms. The Morgan fingerprint density at radius 2 is 1.69 bits per heavy atom. The second-order valence-corrected chi connectivity index (χ2v) is 6.75. The van der Waals surface area contributed by atoms with Crippen LogP contribution in [0.1, 0.15) is 35.6 Å². The van der Waals surface area contributed by atoms with E-state index < -0.39 is 6.10 Å². The molecule has 4 heteroatoms. The van der Waals surface area contributed by atoms with Crippen LogP contribution in [0, 0.1) is 27.7 Å². The quantitative estimate of drug-likeness (QED) is 0.719. The number of carbonyl (C=O) groups excluding carboxylic acids is 1. The molecule has 0 heterocycles. The third-order valence-electron chi connectivity index (χ3n) is 4.14. The molecule has 0 aromatic heterocycles. The van der Waals surface area contributed by atoms with Crippen LogP contribution in [0.2, 0.25) is 0 Å². The number of amides is 1. The maximum absolute atomic E-state index is 12.4. The third-order valence-corrected chi connectivity index (χ3v) is 4.14. The van der Waals surface area contributed by atoms with Crippen molar-refractivity contribution in [3.8, 4) is 11.5 Å². The SMILES string of the molecule is CCC(Oc1cc(C)cc(C)c1)C(=O)NCCOc1cc(C)ccc1C. The highest BCUT2D eigenvalue weighted by Gasteiger charge is 2.18. The summed E-state index contributed by atoms with van der Waals surface area (Å²) in [4.78, 5) is 12.4. The molecule has 1 amide bonds. The number of ether oxygens (including phenoxy) is 2. The molecule has 0 bridgehead atoms. The number of rotatable bonds is 8. The topological polar surface area (TPSA) is 47.6 Å². The molecule has 140 valence electrons. The smallest absolute Gasteiger partial charge is 0.261 e. The minimum atomic E-state index is -0.503. The number of hydrogen-bond acceptors (Lipinski definition) is 3. The van der Waals surface area contributed by atoms with Crippen LogP contribution < -0.4 is 14.8 Å². The number of benzene rings is 2. The molecule has 0 aliphatic rings. The lowest BCUT2D eigenvalue weighted by atomic mass is 10.1. The summed E-state index contributed by atoms with van der Waals surface area (Å²) < 4.78 is 11.7. The molecule has 0 radical (unpaired) electrons. The summed E-state index contributed by atoms with van der Waals surface area (Å²) in [5.74, 6) is 1.48. The van der Waals surface area contributed by atoms with Gasteiger partial charge in [0.15, 0.2) is 6.10 Å². The lowest BCUT2D eigenvalue weighted by Gasteiger charge is -2.18. The lowest BCUT2D eigenvalue weighted by Crippen LogP contribution is -2.39. The van der Waals surface area contributed by atoms with Gasteiger partial charge in [-0.1, -0.05) is 25.1 Å². The highest BCUT2D eigenvalue weighted by atomic mass is 16.5. The van der Waals surface area contributed by atoms with Crippen molar-refractivity contribution in [2.24, 2.45) is 0 Å². The van der Waals surface area contributed by atoms with Gasteiger partial charge in [0.2, 0.25) is 0 Å². The predicted molar refractivity (Wildman–Crippen MR) is 105 cm³/mol. The summed E-state index contributed by atoms with van der Waals surface area (Å²) >= 11 is 0. The molecule has 4 nitrogen and oxygen atoms in total. The van der Waals surface area contributed by atoms with Gasteiger partial charge >= 0.3 is 0 Å². The van der Waals surface area contributed by atoms with Crippen LogP contribution in [0.15, 0.2) is 36.4 Å². The Labute approximate surface area is 156 Å². The Morgan fingerprint density at radius 1 is 1.00 bits per heavy atom. The van der Waals surface area contributed by atoms with Crippen molar-refractivity contribution in [2.45, 2.75) is 47.1 Å². The number of aryl methyl sites for hydroxylation is 4. The van der Waals surface area contributed by atoms with Crippen molar-refractivity contribution in [2.75, 3.05) is 13.2 Å². The first kappa shape index (κ1) is 19.8. The van der Waals surface area contributed by atoms with E-state index in [9.17, 15) is 4.79 Å².